The van der Waals surface area contributed by atoms with Gasteiger partial charge >= 0.3 is 0 Å². The average molecular weight is 221 g/mol. The van der Waals surface area contributed by atoms with Crippen LogP contribution in [0.4, 0.5) is 4.39 Å². The van der Waals surface area contributed by atoms with Crippen LogP contribution < -0.4 is 5.32 Å². The topological polar surface area (TPSA) is 12.0 Å². The van der Waals surface area contributed by atoms with Crippen molar-refractivity contribution in [2.24, 2.45) is 5.92 Å². The van der Waals surface area contributed by atoms with Crippen LogP contribution in [-0.4, -0.2) is 13.1 Å². The highest BCUT2D eigenvalue weighted by Crippen LogP contribution is 2.42. The quantitative estimate of drug-likeness (QED) is 0.809. The molecule has 1 aliphatic rings. The molecule has 3 unspecified atom stereocenters. The molecule has 1 saturated carbocycles. The third-order valence-corrected chi connectivity index (χ3v) is 4.03. The van der Waals surface area contributed by atoms with E-state index in [1.807, 2.05) is 33.0 Å². The van der Waals surface area contributed by atoms with E-state index in [4.69, 9.17) is 0 Å². The number of hydrogen-bond donors (Lipinski definition) is 1. The van der Waals surface area contributed by atoms with Gasteiger partial charge in [0.15, 0.2) is 0 Å². The van der Waals surface area contributed by atoms with Gasteiger partial charge in [-0.3, -0.25) is 0 Å². The molecule has 0 radical (unpaired) electrons. The van der Waals surface area contributed by atoms with Crippen LogP contribution in [0.3, 0.4) is 0 Å². The molecule has 1 nitrogen and oxygen atoms in total. The van der Waals surface area contributed by atoms with Crippen molar-refractivity contribution in [3.63, 3.8) is 0 Å². The summed E-state index contributed by atoms with van der Waals surface area (Å²) in [5, 5.41) is 3.32. The van der Waals surface area contributed by atoms with Crippen molar-refractivity contribution >= 4 is 0 Å². The van der Waals surface area contributed by atoms with E-state index in [2.05, 4.69) is 12.2 Å². The first kappa shape index (κ1) is 11.6. The van der Waals surface area contributed by atoms with Crippen molar-refractivity contribution in [2.75, 3.05) is 7.05 Å². The highest BCUT2D eigenvalue weighted by atomic mass is 19.1. The first-order chi connectivity index (χ1) is 7.54. The molecule has 16 heavy (non-hydrogen) atoms. The Kier molecular flexibility index (Phi) is 3.02. The van der Waals surface area contributed by atoms with Crippen LogP contribution in [0.1, 0.15) is 36.0 Å². The summed E-state index contributed by atoms with van der Waals surface area (Å²) in [6.07, 6.45) is 1.17. The molecule has 2 rings (SSSR count). The molecule has 1 fully saturated rings. The lowest BCUT2D eigenvalue weighted by molar-refractivity contribution is 0.194. The number of benzene rings is 1. The Morgan fingerprint density at radius 1 is 1.25 bits per heavy atom. The van der Waals surface area contributed by atoms with E-state index in [1.54, 1.807) is 0 Å². The van der Waals surface area contributed by atoms with Gasteiger partial charge in [-0.1, -0.05) is 19.1 Å². The molecular formula is C14H20FN. The Bertz CT molecular complexity index is 377. The summed E-state index contributed by atoms with van der Waals surface area (Å²) < 4.78 is 13.5. The summed E-state index contributed by atoms with van der Waals surface area (Å²) in [5.41, 5.74) is 2.85. The van der Waals surface area contributed by atoms with Crippen molar-refractivity contribution in [1.82, 2.24) is 5.32 Å². The lowest BCUT2D eigenvalue weighted by Crippen LogP contribution is -2.46. The third kappa shape index (κ3) is 1.75. The predicted molar refractivity (Wildman–Crippen MR) is 65.2 cm³/mol. The fourth-order valence-corrected chi connectivity index (χ4v) is 2.80. The summed E-state index contributed by atoms with van der Waals surface area (Å²) in [5.74, 6) is 1.19. The predicted octanol–water partition coefficient (Wildman–Crippen LogP) is 3.15. The van der Waals surface area contributed by atoms with Gasteiger partial charge in [0.05, 0.1) is 0 Å². The number of halogens is 1. The average Bonchev–Trinajstić information content (AvgIpc) is 2.24. The van der Waals surface area contributed by atoms with Gasteiger partial charge in [0, 0.05) is 6.04 Å². The molecule has 0 heterocycles. The first-order valence-corrected chi connectivity index (χ1v) is 5.98. The molecule has 1 N–H and O–H groups in total. The second kappa shape index (κ2) is 4.17. The lowest BCUT2D eigenvalue weighted by Gasteiger charge is -2.43. The zero-order chi connectivity index (χ0) is 11.9. The van der Waals surface area contributed by atoms with E-state index in [9.17, 15) is 4.39 Å². The Balaban J connectivity index is 2.23. The van der Waals surface area contributed by atoms with E-state index in [0.29, 0.717) is 17.9 Å². The molecule has 0 amide bonds. The minimum Gasteiger partial charge on any atom is -0.317 e. The van der Waals surface area contributed by atoms with Crippen molar-refractivity contribution in [1.29, 1.82) is 0 Å². The third-order valence-electron chi connectivity index (χ3n) is 4.03. The number of hydrogen-bond acceptors (Lipinski definition) is 1. The number of rotatable bonds is 2. The van der Waals surface area contributed by atoms with Gasteiger partial charge in [-0.15, -0.1) is 0 Å². The molecule has 1 aromatic rings. The van der Waals surface area contributed by atoms with Crippen LogP contribution in [0.2, 0.25) is 0 Å². The van der Waals surface area contributed by atoms with E-state index in [1.165, 1.54) is 12.0 Å². The van der Waals surface area contributed by atoms with Crippen LogP contribution in [-0.2, 0) is 0 Å². The van der Waals surface area contributed by atoms with Crippen molar-refractivity contribution < 1.29 is 4.39 Å². The lowest BCUT2D eigenvalue weighted by atomic mass is 9.67. The van der Waals surface area contributed by atoms with Gasteiger partial charge in [0.25, 0.3) is 0 Å². The SMILES string of the molecule is CNC1CC(c2cc(C)c(F)c(C)c2)C1C. The molecule has 1 aliphatic carbocycles. The molecule has 0 saturated heterocycles. The van der Waals surface area contributed by atoms with Crippen LogP contribution in [0.15, 0.2) is 12.1 Å². The van der Waals surface area contributed by atoms with Crippen LogP contribution in [0.25, 0.3) is 0 Å². The highest BCUT2D eigenvalue weighted by Gasteiger charge is 2.37. The Hall–Kier alpha value is -0.890. The van der Waals surface area contributed by atoms with Gasteiger partial charge in [0.1, 0.15) is 5.82 Å². The van der Waals surface area contributed by atoms with Gasteiger partial charge in [-0.2, -0.15) is 0 Å². The molecule has 1 aromatic carbocycles. The monoisotopic (exact) mass is 221 g/mol. The highest BCUT2D eigenvalue weighted by molar-refractivity contribution is 5.34. The molecule has 0 aliphatic heterocycles. The van der Waals surface area contributed by atoms with Gasteiger partial charge < -0.3 is 5.32 Å². The van der Waals surface area contributed by atoms with Crippen molar-refractivity contribution in [2.45, 2.75) is 39.2 Å². The number of aryl methyl sites for hydroxylation is 2. The summed E-state index contributed by atoms with van der Waals surface area (Å²) in [6, 6.07) is 4.64. The van der Waals surface area contributed by atoms with Crippen molar-refractivity contribution in [3.05, 3.63) is 34.6 Å². The Morgan fingerprint density at radius 3 is 2.25 bits per heavy atom. The van der Waals surface area contributed by atoms with Crippen molar-refractivity contribution in [3.8, 4) is 0 Å². The molecule has 0 aromatic heterocycles. The molecule has 0 spiro atoms. The minimum absolute atomic E-state index is 0.0547. The molecular weight excluding hydrogens is 201 g/mol. The minimum atomic E-state index is -0.0547. The smallest absolute Gasteiger partial charge is 0.129 e. The maximum absolute atomic E-state index is 13.5. The van der Waals surface area contributed by atoms with Crippen LogP contribution >= 0.6 is 0 Å². The zero-order valence-electron chi connectivity index (χ0n) is 10.5. The van der Waals surface area contributed by atoms with Crippen LogP contribution in [0, 0.1) is 25.6 Å². The zero-order valence-corrected chi connectivity index (χ0v) is 10.5. The normalized spacial score (nSPS) is 28.9. The van der Waals surface area contributed by atoms with Gasteiger partial charge in [-0.05, 0) is 55.8 Å². The van der Waals surface area contributed by atoms with E-state index < -0.39 is 0 Å². The summed E-state index contributed by atoms with van der Waals surface area (Å²) in [6.45, 7) is 5.97. The van der Waals surface area contributed by atoms with Gasteiger partial charge in [-0.25, -0.2) is 4.39 Å². The second-order valence-corrected chi connectivity index (χ2v) is 5.07. The fourth-order valence-electron chi connectivity index (χ4n) is 2.80. The summed E-state index contributed by atoms with van der Waals surface area (Å²) in [4.78, 5) is 0. The molecule has 3 atom stereocenters. The maximum Gasteiger partial charge on any atom is 0.129 e. The van der Waals surface area contributed by atoms with E-state index in [-0.39, 0.29) is 5.82 Å². The Morgan fingerprint density at radius 2 is 1.81 bits per heavy atom. The van der Waals surface area contributed by atoms with E-state index in [0.717, 1.165) is 11.1 Å². The largest absolute Gasteiger partial charge is 0.317 e. The van der Waals surface area contributed by atoms with Crippen LogP contribution in [0.5, 0.6) is 0 Å². The second-order valence-electron chi connectivity index (χ2n) is 5.07. The fraction of sp³-hybridized carbons (Fsp3) is 0.571. The Labute approximate surface area is 97.1 Å². The molecule has 2 heteroatoms. The summed E-state index contributed by atoms with van der Waals surface area (Å²) >= 11 is 0. The first-order valence-electron chi connectivity index (χ1n) is 5.98. The maximum atomic E-state index is 13.5. The summed E-state index contributed by atoms with van der Waals surface area (Å²) in [7, 11) is 2.01. The molecule has 88 valence electrons. The van der Waals surface area contributed by atoms with E-state index >= 15 is 0 Å². The standard InChI is InChI=1S/C14H20FN/c1-8-5-11(6-9(2)14(8)15)12-7-13(16-4)10(12)3/h5-6,10,12-13,16H,7H2,1-4H3. The number of nitrogens with one attached hydrogen (secondary N) is 1. The molecule has 0 bridgehead atoms. The van der Waals surface area contributed by atoms with Gasteiger partial charge in [0.2, 0.25) is 0 Å².